The van der Waals surface area contributed by atoms with Gasteiger partial charge in [0.15, 0.2) is 0 Å². The number of nitrogens with one attached hydrogen (secondary N) is 1. The number of halogens is 1. The standard InChI is InChI=1S/C12H16BrNO/c1-8-5-6-9(13)7-10(8)11(15)14-12(2,3)4/h5-7H,1-4H3,(H,14,15). The van der Waals surface area contributed by atoms with Crippen molar-refractivity contribution in [1.29, 1.82) is 0 Å². The van der Waals surface area contributed by atoms with Crippen LogP contribution in [0.4, 0.5) is 0 Å². The van der Waals surface area contributed by atoms with Crippen LogP contribution in [-0.2, 0) is 0 Å². The van der Waals surface area contributed by atoms with E-state index in [1.54, 1.807) is 0 Å². The smallest absolute Gasteiger partial charge is 0.251 e. The maximum absolute atomic E-state index is 11.9. The second-order valence-corrected chi connectivity index (χ2v) is 5.58. The molecular formula is C12H16BrNO. The van der Waals surface area contributed by atoms with Crippen molar-refractivity contribution in [3.63, 3.8) is 0 Å². The summed E-state index contributed by atoms with van der Waals surface area (Å²) in [6, 6.07) is 5.71. The van der Waals surface area contributed by atoms with E-state index in [4.69, 9.17) is 0 Å². The van der Waals surface area contributed by atoms with E-state index in [1.807, 2.05) is 45.9 Å². The van der Waals surface area contributed by atoms with Crippen molar-refractivity contribution in [2.75, 3.05) is 0 Å². The summed E-state index contributed by atoms with van der Waals surface area (Å²) in [5.74, 6) is -0.0266. The van der Waals surface area contributed by atoms with Crippen LogP contribution in [0.5, 0.6) is 0 Å². The van der Waals surface area contributed by atoms with Crippen LogP contribution in [-0.4, -0.2) is 11.4 Å². The Bertz CT molecular complexity index is 380. The molecule has 1 N–H and O–H groups in total. The minimum Gasteiger partial charge on any atom is -0.347 e. The number of amides is 1. The monoisotopic (exact) mass is 269 g/mol. The molecule has 0 fully saturated rings. The van der Waals surface area contributed by atoms with Crippen LogP contribution in [0, 0.1) is 6.92 Å². The summed E-state index contributed by atoms with van der Waals surface area (Å²) < 4.78 is 0.923. The summed E-state index contributed by atoms with van der Waals surface area (Å²) in [4.78, 5) is 11.9. The maximum Gasteiger partial charge on any atom is 0.251 e. The molecule has 0 atom stereocenters. The summed E-state index contributed by atoms with van der Waals surface area (Å²) >= 11 is 3.36. The van der Waals surface area contributed by atoms with Crippen LogP contribution < -0.4 is 5.32 Å². The van der Waals surface area contributed by atoms with E-state index in [1.165, 1.54) is 0 Å². The number of carbonyl (C=O) groups excluding carboxylic acids is 1. The van der Waals surface area contributed by atoms with Crippen LogP contribution in [0.15, 0.2) is 22.7 Å². The van der Waals surface area contributed by atoms with Gasteiger partial charge in [0.2, 0.25) is 0 Å². The molecule has 0 aliphatic heterocycles. The van der Waals surface area contributed by atoms with Crippen LogP contribution >= 0.6 is 15.9 Å². The highest BCUT2D eigenvalue weighted by Crippen LogP contribution is 2.16. The van der Waals surface area contributed by atoms with Gasteiger partial charge in [0.25, 0.3) is 5.91 Å². The SMILES string of the molecule is Cc1ccc(Br)cc1C(=O)NC(C)(C)C. The third-order valence-corrected chi connectivity index (χ3v) is 2.43. The average Bonchev–Trinajstić information content (AvgIpc) is 2.06. The highest BCUT2D eigenvalue weighted by Gasteiger charge is 2.16. The van der Waals surface area contributed by atoms with E-state index in [0.29, 0.717) is 0 Å². The number of carbonyl (C=O) groups is 1. The molecule has 0 saturated heterocycles. The Morgan fingerprint density at radius 2 is 1.93 bits per heavy atom. The Hall–Kier alpha value is -0.830. The lowest BCUT2D eigenvalue weighted by molar-refractivity contribution is 0.0919. The van der Waals surface area contributed by atoms with Crippen LogP contribution in [0.25, 0.3) is 0 Å². The fourth-order valence-electron chi connectivity index (χ4n) is 1.25. The lowest BCUT2D eigenvalue weighted by Gasteiger charge is -2.21. The van der Waals surface area contributed by atoms with Gasteiger partial charge >= 0.3 is 0 Å². The van der Waals surface area contributed by atoms with Gasteiger partial charge in [-0.3, -0.25) is 4.79 Å². The van der Waals surface area contributed by atoms with Gasteiger partial charge in [-0.15, -0.1) is 0 Å². The quantitative estimate of drug-likeness (QED) is 0.833. The van der Waals surface area contributed by atoms with Crippen molar-refractivity contribution in [3.05, 3.63) is 33.8 Å². The Morgan fingerprint density at radius 1 is 1.33 bits per heavy atom. The lowest BCUT2D eigenvalue weighted by Crippen LogP contribution is -2.40. The van der Waals surface area contributed by atoms with Gasteiger partial charge in [-0.1, -0.05) is 22.0 Å². The first-order valence-electron chi connectivity index (χ1n) is 4.88. The second-order valence-electron chi connectivity index (χ2n) is 4.66. The molecule has 0 aromatic heterocycles. The Balaban J connectivity index is 2.96. The molecule has 0 unspecified atom stereocenters. The van der Waals surface area contributed by atoms with Gasteiger partial charge in [-0.2, -0.15) is 0 Å². The molecule has 1 aromatic carbocycles. The summed E-state index contributed by atoms with van der Waals surface area (Å²) in [5, 5.41) is 2.94. The minimum absolute atomic E-state index is 0.0266. The summed E-state index contributed by atoms with van der Waals surface area (Å²) in [5.41, 5.74) is 1.51. The second kappa shape index (κ2) is 4.35. The van der Waals surface area contributed by atoms with Crippen molar-refractivity contribution >= 4 is 21.8 Å². The molecule has 0 bridgehead atoms. The first kappa shape index (κ1) is 12.2. The predicted molar refractivity (Wildman–Crippen MR) is 66.1 cm³/mol. The van der Waals surface area contributed by atoms with Crippen molar-refractivity contribution in [1.82, 2.24) is 5.32 Å². The Morgan fingerprint density at radius 3 is 2.47 bits per heavy atom. The molecule has 3 heteroatoms. The van der Waals surface area contributed by atoms with Crippen molar-refractivity contribution < 1.29 is 4.79 Å². The lowest BCUT2D eigenvalue weighted by atomic mass is 10.1. The van der Waals surface area contributed by atoms with Crippen LogP contribution in [0.1, 0.15) is 36.7 Å². The zero-order valence-corrected chi connectivity index (χ0v) is 11.1. The zero-order valence-electron chi connectivity index (χ0n) is 9.52. The Labute approximate surface area is 99.2 Å². The molecular weight excluding hydrogens is 254 g/mol. The van der Waals surface area contributed by atoms with Gasteiger partial charge in [0, 0.05) is 15.6 Å². The van der Waals surface area contributed by atoms with Crippen LogP contribution in [0.2, 0.25) is 0 Å². The van der Waals surface area contributed by atoms with Crippen LogP contribution in [0.3, 0.4) is 0 Å². The number of hydrogen-bond acceptors (Lipinski definition) is 1. The third kappa shape index (κ3) is 3.67. The number of aryl methyl sites for hydroxylation is 1. The van der Waals surface area contributed by atoms with Gasteiger partial charge in [-0.05, 0) is 45.4 Å². The van der Waals surface area contributed by atoms with E-state index in [0.717, 1.165) is 15.6 Å². The molecule has 2 nitrogen and oxygen atoms in total. The topological polar surface area (TPSA) is 29.1 Å². The first-order chi connectivity index (χ1) is 6.79. The van der Waals surface area contributed by atoms with E-state index >= 15 is 0 Å². The fraction of sp³-hybridized carbons (Fsp3) is 0.417. The van der Waals surface area contributed by atoms with Crippen molar-refractivity contribution in [3.8, 4) is 0 Å². The molecule has 1 amide bonds. The molecule has 0 aliphatic carbocycles. The Kier molecular flexibility index (Phi) is 3.55. The maximum atomic E-state index is 11.9. The summed E-state index contributed by atoms with van der Waals surface area (Å²) in [6.45, 7) is 7.85. The van der Waals surface area contributed by atoms with E-state index in [-0.39, 0.29) is 11.4 Å². The molecule has 0 spiro atoms. The molecule has 1 aromatic rings. The fourth-order valence-corrected chi connectivity index (χ4v) is 1.61. The van der Waals surface area contributed by atoms with E-state index in [2.05, 4.69) is 21.2 Å². The molecule has 82 valence electrons. The predicted octanol–water partition coefficient (Wildman–Crippen LogP) is 3.29. The number of hydrogen-bond donors (Lipinski definition) is 1. The third-order valence-electron chi connectivity index (χ3n) is 1.93. The molecule has 0 heterocycles. The molecule has 1 rings (SSSR count). The van der Waals surface area contributed by atoms with Gasteiger partial charge < -0.3 is 5.32 Å². The summed E-state index contributed by atoms with van der Waals surface area (Å²) in [7, 11) is 0. The van der Waals surface area contributed by atoms with Gasteiger partial charge in [-0.25, -0.2) is 0 Å². The minimum atomic E-state index is -0.203. The molecule has 0 saturated carbocycles. The first-order valence-corrected chi connectivity index (χ1v) is 5.67. The van der Waals surface area contributed by atoms with E-state index in [9.17, 15) is 4.79 Å². The molecule has 0 aliphatic rings. The zero-order chi connectivity index (χ0) is 11.6. The van der Waals surface area contributed by atoms with E-state index < -0.39 is 0 Å². The largest absolute Gasteiger partial charge is 0.347 e. The number of benzene rings is 1. The van der Waals surface area contributed by atoms with Gasteiger partial charge in [0.1, 0.15) is 0 Å². The number of rotatable bonds is 1. The van der Waals surface area contributed by atoms with Gasteiger partial charge in [0.05, 0.1) is 0 Å². The van der Waals surface area contributed by atoms with Crippen molar-refractivity contribution in [2.24, 2.45) is 0 Å². The average molecular weight is 270 g/mol. The van der Waals surface area contributed by atoms with Crippen molar-refractivity contribution in [2.45, 2.75) is 33.2 Å². The highest BCUT2D eigenvalue weighted by atomic mass is 79.9. The normalized spacial score (nSPS) is 11.3. The molecule has 15 heavy (non-hydrogen) atoms. The summed E-state index contributed by atoms with van der Waals surface area (Å²) in [6.07, 6.45) is 0. The highest BCUT2D eigenvalue weighted by molar-refractivity contribution is 9.10. The molecule has 0 radical (unpaired) electrons.